The third-order valence-electron chi connectivity index (χ3n) is 3.58. The molecule has 0 unspecified atom stereocenters. The largest absolute Gasteiger partial charge is 0.466 e. The zero-order chi connectivity index (χ0) is 19.4. The molecular weight excluding hydrogens is 350 g/mol. The number of benzene rings is 1. The smallest absolute Gasteiger partial charge is 0.355 e. The first-order valence-corrected chi connectivity index (χ1v) is 7.15. The van der Waals surface area contributed by atoms with Crippen LogP contribution >= 0.6 is 0 Å². The number of nitrogens with two attached hydrogens (primary N) is 1. The van der Waals surface area contributed by atoms with E-state index in [4.69, 9.17) is 10.5 Å². The van der Waals surface area contributed by atoms with E-state index in [1.807, 2.05) is 0 Å². The van der Waals surface area contributed by atoms with Gasteiger partial charge in [0.25, 0.3) is 5.69 Å². The highest BCUT2D eigenvalue weighted by atomic mass is 16.6. The Kier molecular flexibility index (Phi) is 5.52. The molecule has 2 rings (SSSR count). The molecule has 0 atom stereocenters. The van der Waals surface area contributed by atoms with E-state index >= 15 is 0 Å². The summed E-state index contributed by atoms with van der Waals surface area (Å²) in [6.45, 7) is -0.551. The first-order valence-electron chi connectivity index (χ1n) is 7.15. The van der Waals surface area contributed by atoms with Crippen LogP contribution < -0.4 is 10.6 Å². The van der Waals surface area contributed by atoms with E-state index in [0.29, 0.717) is 0 Å². The molecule has 1 heterocycles. The lowest BCUT2D eigenvalue weighted by atomic mass is 10.1. The van der Waals surface area contributed by atoms with Crippen LogP contribution in [0.15, 0.2) is 29.5 Å². The Morgan fingerprint density at radius 1 is 1.23 bits per heavy atom. The van der Waals surface area contributed by atoms with Crippen LogP contribution in [0.25, 0.3) is 0 Å². The van der Waals surface area contributed by atoms with Crippen molar-refractivity contribution in [3.63, 3.8) is 0 Å². The summed E-state index contributed by atoms with van der Waals surface area (Å²) in [5.74, 6) is -2.60. The Morgan fingerprint density at radius 3 is 2.42 bits per heavy atom. The van der Waals surface area contributed by atoms with Gasteiger partial charge < -0.3 is 24.8 Å². The van der Waals surface area contributed by atoms with Crippen molar-refractivity contribution in [2.75, 3.05) is 32.5 Å². The number of esters is 2. The Hall–Kier alpha value is -3.47. The van der Waals surface area contributed by atoms with Gasteiger partial charge in [0.2, 0.25) is 5.91 Å². The third kappa shape index (κ3) is 3.47. The number of nitro groups is 1. The van der Waals surface area contributed by atoms with Crippen LogP contribution in [-0.4, -0.2) is 50.3 Å². The van der Waals surface area contributed by atoms with Gasteiger partial charge in [-0.2, -0.15) is 0 Å². The fourth-order valence-corrected chi connectivity index (χ4v) is 2.38. The normalized spacial score (nSPS) is 14.0. The summed E-state index contributed by atoms with van der Waals surface area (Å²) < 4.78 is 14.6. The molecule has 0 saturated carbocycles. The second kappa shape index (κ2) is 7.61. The molecule has 138 valence electrons. The zero-order valence-electron chi connectivity index (χ0n) is 13.9. The number of amides is 1. The average Bonchev–Trinajstić information content (AvgIpc) is 2.65. The molecule has 2 N–H and O–H groups in total. The average molecular weight is 365 g/mol. The van der Waals surface area contributed by atoms with Crippen molar-refractivity contribution in [2.45, 2.75) is 0 Å². The molecule has 0 saturated heterocycles. The lowest BCUT2D eigenvalue weighted by molar-refractivity contribution is -0.384. The summed E-state index contributed by atoms with van der Waals surface area (Å²) in [4.78, 5) is 47.3. The molecule has 0 radical (unpaired) electrons. The topological polar surface area (TPSA) is 151 Å². The van der Waals surface area contributed by atoms with Crippen LogP contribution in [0.2, 0.25) is 0 Å². The van der Waals surface area contributed by atoms with Crippen LogP contribution in [0.4, 0.5) is 11.4 Å². The second-order valence-electron chi connectivity index (χ2n) is 5.04. The molecule has 0 spiro atoms. The van der Waals surface area contributed by atoms with Crippen LogP contribution in [-0.2, 0) is 23.8 Å². The summed E-state index contributed by atoms with van der Waals surface area (Å²) in [6, 6.07) is 3.38. The minimum atomic E-state index is -0.924. The van der Waals surface area contributed by atoms with Crippen LogP contribution in [0.1, 0.15) is 10.4 Å². The monoisotopic (exact) mass is 365 g/mol. The fourth-order valence-electron chi connectivity index (χ4n) is 2.38. The molecule has 1 aliphatic heterocycles. The van der Waals surface area contributed by atoms with Gasteiger partial charge in [0.15, 0.2) is 0 Å². The van der Waals surface area contributed by atoms with E-state index in [1.165, 1.54) is 6.07 Å². The Balaban J connectivity index is 2.73. The molecule has 1 amide bonds. The van der Waals surface area contributed by atoms with Crippen molar-refractivity contribution in [3.8, 4) is 0 Å². The van der Waals surface area contributed by atoms with Crippen LogP contribution in [0, 0.1) is 10.1 Å². The zero-order valence-corrected chi connectivity index (χ0v) is 13.9. The van der Waals surface area contributed by atoms with E-state index in [9.17, 15) is 24.5 Å². The van der Waals surface area contributed by atoms with Gasteiger partial charge in [-0.15, -0.1) is 0 Å². The summed E-state index contributed by atoms with van der Waals surface area (Å²) in [5.41, 5.74) is 4.15. The van der Waals surface area contributed by atoms with Crippen molar-refractivity contribution < 1.29 is 33.5 Å². The summed E-state index contributed by atoms with van der Waals surface area (Å²) >= 11 is 0. The van der Waals surface area contributed by atoms with Crippen LogP contribution in [0.5, 0.6) is 0 Å². The number of anilines is 1. The molecule has 26 heavy (non-hydrogen) atoms. The third-order valence-corrected chi connectivity index (χ3v) is 3.58. The Labute approximate surface area is 147 Å². The van der Waals surface area contributed by atoms with E-state index in [2.05, 4.69) is 9.47 Å². The maximum absolute atomic E-state index is 12.2. The highest BCUT2D eigenvalue weighted by Crippen LogP contribution is 2.34. The quantitative estimate of drug-likeness (QED) is 0.434. The SMILES string of the molecule is COC(=O)C1=C(C(=O)OC)N(c2cc(C(N)=O)ccc2[N+](=O)[O-])COC1. The van der Waals surface area contributed by atoms with Gasteiger partial charge in [0.05, 0.1) is 31.3 Å². The minimum Gasteiger partial charge on any atom is -0.466 e. The second-order valence-corrected chi connectivity index (χ2v) is 5.04. The Bertz CT molecular complexity index is 817. The predicted molar refractivity (Wildman–Crippen MR) is 86.0 cm³/mol. The maximum atomic E-state index is 12.2. The number of nitrogens with zero attached hydrogens (tertiary/aromatic N) is 2. The van der Waals surface area contributed by atoms with E-state index in [1.54, 1.807) is 0 Å². The van der Waals surface area contributed by atoms with Gasteiger partial charge in [-0.25, -0.2) is 9.59 Å². The van der Waals surface area contributed by atoms with Crippen molar-refractivity contribution in [1.82, 2.24) is 0 Å². The first-order chi connectivity index (χ1) is 12.3. The molecular formula is C15H15N3O8. The predicted octanol–water partition coefficient (Wildman–Crippen LogP) is 0.0879. The summed E-state index contributed by atoms with van der Waals surface area (Å²) in [5, 5.41) is 11.4. The van der Waals surface area contributed by atoms with Gasteiger partial charge >= 0.3 is 11.9 Å². The number of nitro benzene ring substituents is 1. The van der Waals surface area contributed by atoms with Crippen molar-refractivity contribution in [2.24, 2.45) is 5.73 Å². The van der Waals surface area contributed by atoms with E-state index in [0.717, 1.165) is 31.3 Å². The number of carbonyl (C=O) groups excluding carboxylic acids is 3. The van der Waals surface area contributed by atoms with Crippen molar-refractivity contribution in [1.29, 1.82) is 0 Å². The lowest BCUT2D eigenvalue weighted by Crippen LogP contribution is -2.39. The van der Waals surface area contributed by atoms with Gasteiger partial charge in [-0.1, -0.05) is 0 Å². The molecule has 11 nitrogen and oxygen atoms in total. The van der Waals surface area contributed by atoms with E-state index < -0.39 is 28.5 Å². The molecule has 0 aromatic heterocycles. The lowest BCUT2D eigenvalue weighted by Gasteiger charge is -2.31. The van der Waals surface area contributed by atoms with E-state index in [-0.39, 0.29) is 35.9 Å². The molecule has 1 aromatic carbocycles. The standard InChI is InChI=1S/C15H15N3O8/c1-24-14(20)9-6-26-7-17(12(9)15(21)25-2)11-5-8(13(16)19)3-4-10(11)18(22)23/h3-5H,6-7H2,1-2H3,(H2,16,19). The number of rotatable bonds is 5. The van der Waals surface area contributed by atoms with Crippen LogP contribution in [0.3, 0.4) is 0 Å². The number of carbonyl (C=O) groups is 3. The molecule has 0 fully saturated rings. The molecule has 1 aromatic rings. The molecule has 0 aliphatic carbocycles. The molecule has 11 heteroatoms. The van der Waals surface area contributed by atoms with Crippen molar-refractivity contribution >= 4 is 29.2 Å². The number of hydrogen-bond acceptors (Lipinski definition) is 9. The fraction of sp³-hybridized carbons (Fsp3) is 0.267. The summed E-state index contributed by atoms with van der Waals surface area (Å²) in [6.07, 6.45) is 0. The highest BCUT2D eigenvalue weighted by Gasteiger charge is 2.35. The molecule has 0 bridgehead atoms. The minimum absolute atomic E-state index is 0.0278. The van der Waals surface area contributed by atoms with Gasteiger partial charge in [0.1, 0.15) is 18.1 Å². The van der Waals surface area contributed by atoms with Crippen molar-refractivity contribution in [3.05, 3.63) is 45.1 Å². The Morgan fingerprint density at radius 2 is 1.88 bits per heavy atom. The summed E-state index contributed by atoms with van der Waals surface area (Å²) in [7, 11) is 2.20. The van der Waals surface area contributed by atoms with Gasteiger partial charge in [-0.3, -0.25) is 14.9 Å². The maximum Gasteiger partial charge on any atom is 0.355 e. The first kappa shape index (κ1) is 18.9. The highest BCUT2D eigenvalue weighted by molar-refractivity contribution is 6.04. The molecule has 1 aliphatic rings. The van der Waals surface area contributed by atoms with Gasteiger partial charge in [0, 0.05) is 11.6 Å². The number of ether oxygens (including phenoxy) is 3. The number of hydrogen-bond donors (Lipinski definition) is 1. The number of methoxy groups -OCH3 is 2. The number of primary amides is 1. The van der Waals surface area contributed by atoms with Gasteiger partial charge in [-0.05, 0) is 12.1 Å².